The van der Waals surface area contributed by atoms with Crippen LogP contribution in [0.4, 0.5) is 5.69 Å². The number of nitrogens with one attached hydrogen (secondary N) is 1. The van der Waals surface area contributed by atoms with Crippen molar-refractivity contribution in [1.82, 2.24) is 0 Å². The van der Waals surface area contributed by atoms with Crippen molar-refractivity contribution < 1.29 is 14.6 Å². The van der Waals surface area contributed by atoms with Crippen LogP contribution < -0.4 is 11.1 Å². The highest BCUT2D eigenvalue weighted by Gasteiger charge is 2.13. The number of benzene rings is 1. The lowest BCUT2D eigenvalue weighted by Gasteiger charge is -2.13. The third-order valence-corrected chi connectivity index (χ3v) is 2.75. The number of methoxy groups -OCH3 is 1. The first kappa shape index (κ1) is 14.5. The number of rotatable bonds is 6. The van der Waals surface area contributed by atoms with Crippen molar-refractivity contribution in [2.24, 2.45) is 5.73 Å². The van der Waals surface area contributed by atoms with Crippen molar-refractivity contribution in [2.75, 3.05) is 19.0 Å². The summed E-state index contributed by atoms with van der Waals surface area (Å²) in [4.78, 5) is 11.7. The number of phenolic OH excluding ortho intramolecular Hbond substituents is 1. The first-order valence-corrected chi connectivity index (χ1v) is 5.95. The highest BCUT2D eigenvalue weighted by Crippen LogP contribution is 2.24. The van der Waals surface area contributed by atoms with Crippen LogP contribution in [0.2, 0.25) is 0 Å². The fraction of sp³-hybridized carbons (Fsp3) is 0.462. The van der Waals surface area contributed by atoms with Gasteiger partial charge in [0.05, 0.1) is 18.2 Å². The summed E-state index contributed by atoms with van der Waals surface area (Å²) < 4.78 is 5.03. The number of anilines is 1. The summed E-state index contributed by atoms with van der Waals surface area (Å²) in [7, 11) is 1.51. The van der Waals surface area contributed by atoms with Gasteiger partial charge >= 0.3 is 0 Å². The van der Waals surface area contributed by atoms with Crippen molar-refractivity contribution >= 4 is 11.6 Å². The zero-order valence-electron chi connectivity index (χ0n) is 10.8. The maximum atomic E-state index is 11.7. The third-order valence-electron chi connectivity index (χ3n) is 2.75. The Kier molecular flexibility index (Phi) is 5.61. The smallest absolute Gasteiger partial charge is 0.227 e. The predicted octanol–water partition coefficient (Wildman–Crippen LogP) is 1.26. The maximum Gasteiger partial charge on any atom is 0.227 e. The second kappa shape index (κ2) is 6.98. The van der Waals surface area contributed by atoms with Gasteiger partial charge in [0.2, 0.25) is 5.91 Å². The first-order chi connectivity index (χ1) is 8.60. The minimum atomic E-state index is -0.304. The Morgan fingerprint density at radius 1 is 1.56 bits per heavy atom. The van der Waals surface area contributed by atoms with E-state index in [0.29, 0.717) is 5.69 Å². The molecule has 0 aliphatic rings. The molecule has 1 atom stereocenters. The zero-order chi connectivity index (χ0) is 13.5. The van der Waals surface area contributed by atoms with Gasteiger partial charge in [-0.1, -0.05) is 13.0 Å². The Bertz CT molecular complexity index is 403. The Balaban J connectivity index is 2.69. The van der Waals surface area contributed by atoms with Crippen molar-refractivity contribution in [3.8, 4) is 5.75 Å². The molecule has 1 aromatic rings. The Morgan fingerprint density at radius 2 is 2.28 bits per heavy atom. The summed E-state index contributed by atoms with van der Waals surface area (Å²) in [6.07, 6.45) is 0.705. The molecule has 1 rings (SSSR count). The summed E-state index contributed by atoms with van der Waals surface area (Å²) in [6, 6.07) is 5.16. The quantitative estimate of drug-likeness (QED) is 0.665. The largest absolute Gasteiger partial charge is 0.506 e. The molecule has 1 amide bonds. The first-order valence-electron chi connectivity index (χ1n) is 5.95. The van der Waals surface area contributed by atoms with E-state index in [0.717, 1.165) is 12.0 Å². The summed E-state index contributed by atoms with van der Waals surface area (Å²) in [6.45, 7) is 2.29. The van der Waals surface area contributed by atoms with Crippen LogP contribution >= 0.6 is 0 Å². The molecule has 1 aromatic carbocycles. The van der Waals surface area contributed by atoms with E-state index in [9.17, 15) is 9.90 Å². The number of amides is 1. The van der Waals surface area contributed by atoms with E-state index in [2.05, 4.69) is 5.32 Å². The molecule has 0 aliphatic heterocycles. The number of nitrogens with two attached hydrogens (primary N) is 1. The fourth-order valence-corrected chi connectivity index (χ4v) is 1.57. The third kappa shape index (κ3) is 4.01. The number of carbonyl (C=O) groups excluding carboxylic acids is 1. The van der Waals surface area contributed by atoms with Gasteiger partial charge in [0.1, 0.15) is 5.75 Å². The van der Waals surface area contributed by atoms with Crippen LogP contribution in [-0.2, 0) is 16.0 Å². The average molecular weight is 252 g/mol. The monoisotopic (exact) mass is 252 g/mol. The SMILES string of the molecule is CCc1ccc(O)c(NC(=O)CC(CN)OC)c1. The minimum absolute atomic E-state index is 0.0577. The van der Waals surface area contributed by atoms with Crippen LogP contribution in [0.25, 0.3) is 0 Å². The number of phenols is 1. The summed E-state index contributed by atoms with van der Waals surface area (Å²) in [5.74, 6) is -0.168. The molecule has 0 aromatic heterocycles. The van der Waals surface area contributed by atoms with E-state index >= 15 is 0 Å². The lowest BCUT2D eigenvalue weighted by molar-refractivity contribution is -0.118. The molecule has 5 nitrogen and oxygen atoms in total. The van der Waals surface area contributed by atoms with E-state index < -0.39 is 0 Å². The van der Waals surface area contributed by atoms with Crippen molar-refractivity contribution in [1.29, 1.82) is 0 Å². The Morgan fingerprint density at radius 3 is 2.83 bits per heavy atom. The number of hydrogen-bond acceptors (Lipinski definition) is 4. The van der Waals surface area contributed by atoms with E-state index in [1.165, 1.54) is 7.11 Å². The van der Waals surface area contributed by atoms with Crippen molar-refractivity contribution in [2.45, 2.75) is 25.9 Å². The molecule has 0 fully saturated rings. The molecule has 5 heteroatoms. The molecule has 0 heterocycles. The van der Waals surface area contributed by atoms with Gasteiger partial charge < -0.3 is 20.9 Å². The number of aromatic hydroxyl groups is 1. The standard InChI is InChI=1S/C13H20N2O3/c1-3-9-4-5-12(16)11(6-9)15-13(17)7-10(8-14)18-2/h4-6,10,16H,3,7-8,14H2,1-2H3,(H,15,17). The summed E-state index contributed by atoms with van der Waals surface area (Å²) >= 11 is 0. The predicted molar refractivity (Wildman–Crippen MR) is 70.6 cm³/mol. The molecule has 0 bridgehead atoms. The van der Waals surface area contributed by atoms with E-state index in [1.807, 2.05) is 13.0 Å². The lowest BCUT2D eigenvalue weighted by atomic mass is 10.1. The van der Waals surface area contributed by atoms with Gasteiger partial charge in [-0.05, 0) is 24.1 Å². The van der Waals surface area contributed by atoms with Crippen LogP contribution in [0.15, 0.2) is 18.2 Å². The van der Waals surface area contributed by atoms with Gasteiger partial charge in [-0.3, -0.25) is 4.79 Å². The molecule has 0 radical (unpaired) electrons. The second-order valence-corrected chi connectivity index (χ2v) is 4.05. The molecule has 4 N–H and O–H groups in total. The van der Waals surface area contributed by atoms with E-state index in [1.54, 1.807) is 12.1 Å². The number of ether oxygens (including phenoxy) is 1. The normalized spacial score (nSPS) is 12.2. The van der Waals surface area contributed by atoms with Gasteiger partial charge in [0.25, 0.3) is 0 Å². The molecular formula is C13H20N2O3. The molecule has 0 saturated heterocycles. The second-order valence-electron chi connectivity index (χ2n) is 4.05. The van der Waals surface area contributed by atoms with Crippen LogP contribution in [-0.4, -0.2) is 30.8 Å². The van der Waals surface area contributed by atoms with Gasteiger partial charge in [-0.25, -0.2) is 0 Å². The molecule has 0 saturated carbocycles. The molecule has 0 aliphatic carbocycles. The van der Waals surface area contributed by atoms with Crippen LogP contribution in [0.1, 0.15) is 18.9 Å². The topological polar surface area (TPSA) is 84.6 Å². The number of aryl methyl sites for hydroxylation is 1. The van der Waals surface area contributed by atoms with Crippen LogP contribution in [0, 0.1) is 0 Å². The average Bonchev–Trinajstić information content (AvgIpc) is 2.38. The van der Waals surface area contributed by atoms with Crippen LogP contribution in [0.5, 0.6) is 5.75 Å². The van der Waals surface area contributed by atoms with Crippen molar-refractivity contribution in [3.05, 3.63) is 23.8 Å². The van der Waals surface area contributed by atoms with E-state index in [-0.39, 0.29) is 30.7 Å². The highest BCUT2D eigenvalue weighted by molar-refractivity contribution is 5.92. The molecular weight excluding hydrogens is 232 g/mol. The molecule has 100 valence electrons. The molecule has 1 unspecified atom stereocenters. The zero-order valence-corrected chi connectivity index (χ0v) is 10.8. The van der Waals surface area contributed by atoms with Gasteiger partial charge in [0.15, 0.2) is 0 Å². The Labute approximate surface area is 107 Å². The van der Waals surface area contributed by atoms with Gasteiger partial charge in [0, 0.05) is 13.7 Å². The van der Waals surface area contributed by atoms with Gasteiger partial charge in [-0.15, -0.1) is 0 Å². The van der Waals surface area contributed by atoms with E-state index in [4.69, 9.17) is 10.5 Å². The highest BCUT2D eigenvalue weighted by atomic mass is 16.5. The lowest BCUT2D eigenvalue weighted by Crippen LogP contribution is -2.28. The molecule has 0 spiro atoms. The number of carbonyl (C=O) groups is 1. The molecule has 18 heavy (non-hydrogen) atoms. The Hall–Kier alpha value is -1.59. The minimum Gasteiger partial charge on any atom is -0.506 e. The van der Waals surface area contributed by atoms with Crippen molar-refractivity contribution in [3.63, 3.8) is 0 Å². The summed E-state index contributed by atoms with van der Waals surface area (Å²) in [5, 5.41) is 12.3. The van der Waals surface area contributed by atoms with Crippen LogP contribution in [0.3, 0.4) is 0 Å². The fourth-order valence-electron chi connectivity index (χ4n) is 1.57. The number of hydrogen-bond donors (Lipinski definition) is 3. The van der Waals surface area contributed by atoms with Gasteiger partial charge in [-0.2, -0.15) is 0 Å². The summed E-state index contributed by atoms with van der Waals surface area (Å²) in [5.41, 5.74) is 6.92. The maximum absolute atomic E-state index is 11.7.